The molecule has 0 aliphatic heterocycles. The molecule has 6 heteroatoms. The zero-order chi connectivity index (χ0) is 15.4. The molecule has 0 heterocycles. The maximum atomic E-state index is 12.2. The predicted molar refractivity (Wildman–Crippen MR) is 72.6 cm³/mol. The summed E-state index contributed by atoms with van der Waals surface area (Å²) >= 11 is 0. The molecule has 0 radical (unpaired) electrons. The Morgan fingerprint density at radius 2 is 1.24 bits per heavy atom. The number of ether oxygens (including phenoxy) is 1. The molecule has 2 unspecified atom stereocenters. The Bertz CT molecular complexity index is 390. The Kier molecular flexibility index (Phi) is 5.20. The highest BCUT2D eigenvalue weighted by Crippen LogP contribution is 2.35. The number of carbonyl (C=O) groups is 3. The van der Waals surface area contributed by atoms with Crippen LogP contribution in [0, 0.1) is 17.8 Å². The molecule has 0 amide bonds. The van der Waals surface area contributed by atoms with E-state index in [0.29, 0.717) is 0 Å². The van der Waals surface area contributed by atoms with Crippen LogP contribution in [0.3, 0.4) is 0 Å². The van der Waals surface area contributed by atoms with Gasteiger partial charge in [0.2, 0.25) is 0 Å². The van der Waals surface area contributed by atoms with Gasteiger partial charge in [-0.3, -0.25) is 14.4 Å². The van der Waals surface area contributed by atoms with Gasteiger partial charge in [0.25, 0.3) is 0 Å². The largest absolute Gasteiger partial charge is 0.481 e. The van der Waals surface area contributed by atoms with Crippen LogP contribution in [0.15, 0.2) is 0 Å². The Morgan fingerprint density at radius 1 is 0.762 bits per heavy atom. The molecule has 0 aromatic carbocycles. The highest BCUT2D eigenvalue weighted by molar-refractivity contribution is 5.79. The van der Waals surface area contributed by atoms with Crippen molar-refractivity contribution in [1.82, 2.24) is 0 Å². The molecule has 0 aromatic rings. The first kappa shape index (κ1) is 15.8. The first-order valence-electron chi connectivity index (χ1n) is 7.63. The lowest BCUT2D eigenvalue weighted by atomic mass is 9.75. The number of esters is 1. The van der Waals surface area contributed by atoms with Gasteiger partial charge in [-0.15, -0.1) is 0 Å². The van der Waals surface area contributed by atoms with Gasteiger partial charge in [0.1, 0.15) is 6.10 Å². The van der Waals surface area contributed by atoms with Crippen LogP contribution < -0.4 is 0 Å². The summed E-state index contributed by atoms with van der Waals surface area (Å²) < 4.78 is 5.46. The third kappa shape index (κ3) is 4.19. The minimum atomic E-state index is -1.03. The molecule has 0 bridgehead atoms. The van der Waals surface area contributed by atoms with Gasteiger partial charge in [-0.05, 0) is 44.9 Å². The zero-order valence-corrected chi connectivity index (χ0v) is 12.0. The molecule has 2 saturated carbocycles. The van der Waals surface area contributed by atoms with Gasteiger partial charge in [-0.1, -0.05) is 6.42 Å². The predicted octanol–water partition coefficient (Wildman–Crippen LogP) is 2.06. The number of carboxylic acid groups (broad SMARTS) is 2. The zero-order valence-electron chi connectivity index (χ0n) is 12.0. The second-order valence-corrected chi connectivity index (χ2v) is 6.17. The van der Waals surface area contributed by atoms with Crippen molar-refractivity contribution >= 4 is 17.9 Å². The van der Waals surface area contributed by atoms with Crippen molar-refractivity contribution in [3.63, 3.8) is 0 Å². The van der Waals surface area contributed by atoms with Gasteiger partial charge in [-0.2, -0.15) is 0 Å². The summed E-state index contributed by atoms with van der Waals surface area (Å²) in [6.45, 7) is 0. The number of hydrogen-bond acceptors (Lipinski definition) is 4. The van der Waals surface area contributed by atoms with Crippen LogP contribution in [0.4, 0.5) is 0 Å². The van der Waals surface area contributed by atoms with E-state index in [4.69, 9.17) is 14.9 Å². The summed E-state index contributed by atoms with van der Waals surface area (Å²) in [5.74, 6) is -4.64. The first-order chi connectivity index (χ1) is 9.97. The second kappa shape index (κ2) is 6.91. The normalized spacial score (nSPS) is 30.6. The molecule has 6 nitrogen and oxygen atoms in total. The fourth-order valence-corrected chi connectivity index (χ4v) is 3.36. The van der Waals surface area contributed by atoms with Crippen molar-refractivity contribution in [2.45, 2.75) is 57.5 Å². The number of carbonyl (C=O) groups excluding carboxylic acids is 1. The molecule has 2 atom stereocenters. The molecule has 2 aliphatic carbocycles. The Labute approximate surface area is 123 Å². The fraction of sp³-hybridized carbons (Fsp3) is 0.800. The van der Waals surface area contributed by atoms with Crippen molar-refractivity contribution in [1.29, 1.82) is 0 Å². The van der Waals surface area contributed by atoms with E-state index in [1.54, 1.807) is 0 Å². The highest BCUT2D eigenvalue weighted by Gasteiger charge is 2.40. The van der Waals surface area contributed by atoms with Crippen LogP contribution in [-0.4, -0.2) is 34.2 Å². The van der Waals surface area contributed by atoms with Gasteiger partial charge < -0.3 is 14.9 Å². The summed E-state index contributed by atoms with van der Waals surface area (Å²) in [5.41, 5.74) is 0. The van der Waals surface area contributed by atoms with E-state index >= 15 is 0 Å². The van der Waals surface area contributed by atoms with E-state index in [1.165, 1.54) is 0 Å². The summed E-state index contributed by atoms with van der Waals surface area (Å²) in [4.78, 5) is 34.5. The van der Waals surface area contributed by atoms with E-state index < -0.39 is 35.7 Å². The van der Waals surface area contributed by atoms with Crippen molar-refractivity contribution in [3.05, 3.63) is 0 Å². The average molecular weight is 298 g/mol. The summed E-state index contributed by atoms with van der Waals surface area (Å²) in [7, 11) is 0. The summed E-state index contributed by atoms with van der Waals surface area (Å²) in [6, 6.07) is 0. The van der Waals surface area contributed by atoms with E-state index in [1.807, 2.05) is 0 Å². The van der Waals surface area contributed by atoms with Gasteiger partial charge in [0.05, 0.1) is 17.8 Å². The minimum Gasteiger partial charge on any atom is -0.481 e. The lowest BCUT2D eigenvalue weighted by molar-refractivity contribution is -0.161. The molecule has 21 heavy (non-hydrogen) atoms. The van der Waals surface area contributed by atoms with Crippen molar-refractivity contribution in [2.75, 3.05) is 0 Å². The molecule has 0 spiro atoms. The first-order valence-corrected chi connectivity index (χ1v) is 7.63. The smallest absolute Gasteiger partial charge is 0.309 e. The van der Waals surface area contributed by atoms with Gasteiger partial charge in [-0.25, -0.2) is 0 Å². The molecule has 2 rings (SSSR count). The molecular formula is C15H22O6. The lowest BCUT2D eigenvalue weighted by Crippen LogP contribution is -2.37. The van der Waals surface area contributed by atoms with Crippen LogP contribution in [0.5, 0.6) is 0 Å². The molecule has 118 valence electrons. The molecule has 2 aliphatic rings. The molecular weight excluding hydrogens is 276 g/mol. The fourth-order valence-electron chi connectivity index (χ4n) is 3.36. The number of hydrogen-bond donors (Lipinski definition) is 2. The molecule has 0 aromatic heterocycles. The third-order valence-electron chi connectivity index (χ3n) is 4.57. The average Bonchev–Trinajstić information content (AvgIpc) is 2.47. The lowest BCUT2D eigenvalue weighted by Gasteiger charge is -2.31. The van der Waals surface area contributed by atoms with Gasteiger partial charge in [0.15, 0.2) is 0 Å². The van der Waals surface area contributed by atoms with Crippen LogP contribution in [-0.2, 0) is 19.1 Å². The van der Waals surface area contributed by atoms with E-state index in [9.17, 15) is 14.4 Å². The summed E-state index contributed by atoms with van der Waals surface area (Å²) in [6.07, 6.45) is 5.31. The Balaban J connectivity index is 1.97. The number of carboxylic acids is 2. The monoisotopic (exact) mass is 298 g/mol. The molecule has 2 N–H and O–H groups in total. The standard InChI is InChI=1S/C15H22O6/c16-13(17)9-6-10(14(18)19)8-11(7-9)15(20)21-12-4-2-1-3-5-12/h9-12H,1-8H2,(H,16,17)(H,18,19). The van der Waals surface area contributed by atoms with E-state index in [2.05, 4.69) is 0 Å². The van der Waals surface area contributed by atoms with Crippen LogP contribution >= 0.6 is 0 Å². The van der Waals surface area contributed by atoms with Gasteiger partial charge >= 0.3 is 17.9 Å². The minimum absolute atomic E-state index is 0.0836. The molecule has 2 fully saturated rings. The quantitative estimate of drug-likeness (QED) is 0.770. The second-order valence-electron chi connectivity index (χ2n) is 6.17. The summed E-state index contributed by atoms with van der Waals surface area (Å²) in [5, 5.41) is 18.2. The maximum Gasteiger partial charge on any atom is 0.309 e. The van der Waals surface area contributed by atoms with Crippen molar-refractivity contribution in [3.8, 4) is 0 Å². The van der Waals surface area contributed by atoms with E-state index in [-0.39, 0.29) is 25.4 Å². The number of rotatable bonds is 4. The SMILES string of the molecule is O=C(O)C1CC(C(=O)O)CC(C(=O)OC2CCCCC2)C1. The van der Waals surface area contributed by atoms with Crippen molar-refractivity contribution in [2.24, 2.45) is 17.8 Å². The van der Waals surface area contributed by atoms with Crippen LogP contribution in [0.2, 0.25) is 0 Å². The van der Waals surface area contributed by atoms with Crippen LogP contribution in [0.1, 0.15) is 51.4 Å². The highest BCUT2D eigenvalue weighted by atomic mass is 16.5. The van der Waals surface area contributed by atoms with Crippen molar-refractivity contribution < 1.29 is 29.3 Å². The Hall–Kier alpha value is -1.59. The number of aliphatic carboxylic acids is 2. The van der Waals surface area contributed by atoms with Crippen LogP contribution in [0.25, 0.3) is 0 Å². The topological polar surface area (TPSA) is 101 Å². The molecule has 0 saturated heterocycles. The van der Waals surface area contributed by atoms with E-state index in [0.717, 1.165) is 32.1 Å². The van der Waals surface area contributed by atoms with Gasteiger partial charge in [0, 0.05) is 0 Å². The third-order valence-corrected chi connectivity index (χ3v) is 4.57. The maximum absolute atomic E-state index is 12.2. The Morgan fingerprint density at radius 3 is 1.71 bits per heavy atom.